The summed E-state index contributed by atoms with van der Waals surface area (Å²) in [5.74, 6) is 2.03. The first-order valence-electron chi connectivity index (χ1n) is 18.1. The quantitative estimate of drug-likeness (QED) is 0.186. The van der Waals surface area contributed by atoms with Crippen molar-refractivity contribution in [2.75, 3.05) is 0 Å². The van der Waals surface area contributed by atoms with Crippen molar-refractivity contribution in [3.05, 3.63) is 179 Å². The van der Waals surface area contributed by atoms with Gasteiger partial charge in [0.05, 0.1) is 11.8 Å². The van der Waals surface area contributed by atoms with E-state index in [2.05, 4.69) is 140 Å². The van der Waals surface area contributed by atoms with Gasteiger partial charge in [-0.1, -0.05) is 140 Å². The molecule has 0 spiro atoms. The minimum atomic E-state index is -0.110. The molecule has 4 atom stereocenters. The maximum Gasteiger partial charge on any atom is 0.156 e. The fourth-order valence-electron chi connectivity index (χ4n) is 8.99. The largest absolute Gasteiger partial charge is 0.456 e. The molecule has 1 fully saturated rings. The van der Waals surface area contributed by atoms with E-state index in [9.17, 15) is 0 Å². The van der Waals surface area contributed by atoms with Gasteiger partial charge < -0.3 is 4.42 Å². The number of rotatable bonds is 4. The third kappa shape index (κ3) is 4.44. The molecule has 1 aromatic heterocycles. The van der Waals surface area contributed by atoms with Crippen LogP contribution in [0.15, 0.2) is 166 Å². The van der Waals surface area contributed by atoms with Gasteiger partial charge in [0, 0.05) is 22.3 Å². The predicted octanol–water partition coefficient (Wildman–Crippen LogP) is 12.3. The minimum absolute atomic E-state index is 0.0583. The van der Waals surface area contributed by atoms with E-state index < -0.39 is 0 Å². The summed E-state index contributed by atoms with van der Waals surface area (Å²) >= 11 is 0. The molecule has 0 bridgehead atoms. The Morgan fingerprint density at radius 3 is 2.20 bits per heavy atom. The molecule has 3 aliphatic rings. The smallest absolute Gasteiger partial charge is 0.156 e. The first-order chi connectivity index (χ1) is 25.2. The molecule has 0 N–H and O–H groups in total. The number of aliphatic imine (C=N–C) groups is 2. The summed E-state index contributed by atoms with van der Waals surface area (Å²) in [6.45, 7) is 2.29. The SMILES string of the molecule is CC1C(c2ccc(-c3ccccc3)cc2)=NC(c2cccc3oc4ccccc4c23)=NC1c1ccc2ccc3c(c2c1)C1CC1c1ccccc1-3. The number of para-hydroxylation sites is 1. The highest BCUT2D eigenvalue weighted by atomic mass is 16.3. The lowest BCUT2D eigenvalue weighted by molar-refractivity contribution is 0.593. The van der Waals surface area contributed by atoms with Crippen LogP contribution in [0.2, 0.25) is 0 Å². The van der Waals surface area contributed by atoms with Crippen molar-refractivity contribution < 1.29 is 4.42 Å². The molecule has 0 amide bonds. The van der Waals surface area contributed by atoms with Crippen LogP contribution in [0.1, 0.15) is 59.0 Å². The lowest BCUT2D eigenvalue weighted by Crippen LogP contribution is -2.26. The van der Waals surface area contributed by atoms with Crippen molar-refractivity contribution in [2.45, 2.75) is 31.2 Å². The monoisotopic (exact) mass is 654 g/mol. The Kier molecular flexibility index (Phi) is 6.18. The Morgan fingerprint density at radius 1 is 0.569 bits per heavy atom. The number of amidine groups is 1. The molecule has 3 heteroatoms. The summed E-state index contributed by atoms with van der Waals surface area (Å²) < 4.78 is 6.32. The molecule has 8 aromatic rings. The van der Waals surface area contributed by atoms with Gasteiger partial charge in [0.1, 0.15) is 11.2 Å². The van der Waals surface area contributed by atoms with E-state index in [0.29, 0.717) is 11.8 Å². The lowest BCUT2D eigenvalue weighted by atomic mass is 9.81. The first kappa shape index (κ1) is 28.7. The predicted molar refractivity (Wildman–Crippen MR) is 210 cm³/mol. The maximum atomic E-state index is 6.32. The van der Waals surface area contributed by atoms with E-state index in [1.54, 1.807) is 0 Å². The number of fused-ring (bicyclic) bond motifs is 11. The molecule has 0 saturated heterocycles. The minimum Gasteiger partial charge on any atom is -0.456 e. The summed E-state index contributed by atoms with van der Waals surface area (Å²) in [5, 5.41) is 4.82. The zero-order valence-electron chi connectivity index (χ0n) is 28.3. The average Bonchev–Trinajstić information content (AvgIpc) is 3.91. The van der Waals surface area contributed by atoms with Crippen LogP contribution in [0, 0.1) is 5.92 Å². The molecule has 242 valence electrons. The van der Waals surface area contributed by atoms with E-state index in [1.165, 1.54) is 56.1 Å². The number of hydrogen-bond donors (Lipinski definition) is 0. The van der Waals surface area contributed by atoms with Crippen molar-refractivity contribution in [1.29, 1.82) is 0 Å². The molecule has 1 saturated carbocycles. The van der Waals surface area contributed by atoms with Gasteiger partial charge in [-0.15, -0.1) is 0 Å². The van der Waals surface area contributed by atoms with Crippen LogP contribution in [0.3, 0.4) is 0 Å². The number of nitrogens with zero attached hydrogens (tertiary/aromatic N) is 2. The van der Waals surface area contributed by atoms with Gasteiger partial charge in [0.2, 0.25) is 0 Å². The van der Waals surface area contributed by atoms with Gasteiger partial charge in [-0.25, -0.2) is 4.99 Å². The van der Waals surface area contributed by atoms with Crippen molar-refractivity contribution in [2.24, 2.45) is 15.9 Å². The number of benzene rings is 7. The Balaban J connectivity index is 1.09. The van der Waals surface area contributed by atoms with Crippen LogP contribution in [0.4, 0.5) is 0 Å². The Morgan fingerprint density at radius 2 is 1.29 bits per heavy atom. The second-order valence-electron chi connectivity index (χ2n) is 14.4. The maximum absolute atomic E-state index is 6.32. The number of hydrogen-bond acceptors (Lipinski definition) is 3. The Bertz CT molecular complexity index is 2750. The van der Waals surface area contributed by atoms with Gasteiger partial charge in [-0.2, -0.15) is 0 Å². The molecule has 11 rings (SSSR count). The van der Waals surface area contributed by atoms with Gasteiger partial charge in [-0.3, -0.25) is 4.99 Å². The van der Waals surface area contributed by atoms with Gasteiger partial charge in [0.15, 0.2) is 5.84 Å². The summed E-state index contributed by atoms with van der Waals surface area (Å²) in [6.07, 6.45) is 1.23. The summed E-state index contributed by atoms with van der Waals surface area (Å²) in [4.78, 5) is 11.0. The van der Waals surface area contributed by atoms with Gasteiger partial charge in [-0.05, 0) is 91.7 Å². The fourth-order valence-corrected chi connectivity index (χ4v) is 8.99. The Hall–Kier alpha value is -6.06. The van der Waals surface area contributed by atoms with Crippen LogP contribution in [-0.4, -0.2) is 11.5 Å². The highest BCUT2D eigenvalue weighted by Gasteiger charge is 2.46. The average molecular weight is 655 g/mol. The molecule has 2 aliphatic carbocycles. The van der Waals surface area contributed by atoms with E-state index in [4.69, 9.17) is 14.4 Å². The van der Waals surface area contributed by atoms with E-state index >= 15 is 0 Å². The lowest BCUT2D eigenvalue weighted by Gasteiger charge is -2.29. The molecule has 0 radical (unpaired) electrons. The van der Waals surface area contributed by atoms with Gasteiger partial charge >= 0.3 is 0 Å². The van der Waals surface area contributed by atoms with Crippen molar-refractivity contribution >= 4 is 44.3 Å². The van der Waals surface area contributed by atoms with Gasteiger partial charge in [0.25, 0.3) is 0 Å². The molecule has 7 aromatic carbocycles. The second-order valence-corrected chi connectivity index (χ2v) is 14.4. The molecule has 51 heavy (non-hydrogen) atoms. The molecule has 4 unspecified atom stereocenters. The first-order valence-corrected chi connectivity index (χ1v) is 18.1. The summed E-state index contributed by atoms with van der Waals surface area (Å²) in [7, 11) is 0. The van der Waals surface area contributed by atoms with Crippen LogP contribution < -0.4 is 0 Å². The van der Waals surface area contributed by atoms with E-state index in [0.717, 1.165) is 44.6 Å². The van der Waals surface area contributed by atoms with E-state index in [1.807, 2.05) is 18.2 Å². The summed E-state index contributed by atoms with van der Waals surface area (Å²) in [5.41, 5.74) is 14.4. The Labute approximate surface area is 296 Å². The fraction of sp³-hybridized carbons (Fsp3) is 0.125. The highest BCUT2D eigenvalue weighted by molar-refractivity contribution is 6.22. The zero-order chi connectivity index (χ0) is 33.6. The molecule has 3 nitrogen and oxygen atoms in total. The normalized spacial score (nSPS) is 20.4. The van der Waals surface area contributed by atoms with Crippen molar-refractivity contribution in [3.8, 4) is 22.3 Å². The van der Waals surface area contributed by atoms with E-state index in [-0.39, 0.29) is 12.0 Å². The van der Waals surface area contributed by atoms with Crippen molar-refractivity contribution in [1.82, 2.24) is 0 Å². The van der Waals surface area contributed by atoms with Crippen LogP contribution in [0.5, 0.6) is 0 Å². The topological polar surface area (TPSA) is 37.9 Å². The van der Waals surface area contributed by atoms with Crippen LogP contribution in [0.25, 0.3) is 55.0 Å². The van der Waals surface area contributed by atoms with Crippen LogP contribution in [-0.2, 0) is 0 Å². The third-order valence-corrected chi connectivity index (χ3v) is 11.6. The second kappa shape index (κ2) is 11.0. The zero-order valence-corrected chi connectivity index (χ0v) is 28.3. The van der Waals surface area contributed by atoms with Crippen molar-refractivity contribution in [3.63, 3.8) is 0 Å². The molecule has 1 aliphatic heterocycles. The number of furan rings is 1. The highest BCUT2D eigenvalue weighted by Crippen LogP contribution is 2.63. The van der Waals surface area contributed by atoms with Crippen LogP contribution >= 0.6 is 0 Å². The summed E-state index contributed by atoms with van der Waals surface area (Å²) in [6, 6.07) is 54.6. The molecular weight excluding hydrogens is 621 g/mol. The standard InChI is InChI=1S/C48H34N2O/c1-28-46(32-21-18-30(19-22-32)29-10-3-2-4-11-29)49-48(38-15-9-17-43-45(38)37-14-7-8-16-42(37)51-43)50-47(28)33-23-20-31-24-25-36-34-12-5-6-13-35(34)40-27-41(40)44(36)39(31)26-33/h2-26,28,40-41,47H,27H2,1H3. The molecular formula is C48H34N2O. The third-order valence-electron chi connectivity index (χ3n) is 11.6. The molecule has 2 heterocycles.